The smallest absolute Gasteiger partial charge is 0.231 e. The van der Waals surface area contributed by atoms with Crippen molar-refractivity contribution in [1.82, 2.24) is 0 Å². The zero-order valence-corrected chi connectivity index (χ0v) is 8.31. The van der Waals surface area contributed by atoms with E-state index in [0.29, 0.717) is 6.79 Å². The molecule has 0 N–H and O–H groups in total. The number of hydrogen-bond acceptors (Lipinski definition) is 2. The Morgan fingerprint density at radius 1 is 1.23 bits per heavy atom. The van der Waals surface area contributed by atoms with Gasteiger partial charge in [0.2, 0.25) is 6.79 Å². The van der Waals surface area contributed by atoms with Gasteiger partial charge in [-0.15, -0.1) is 0 Å². The van der Waals surface area contributed by atoms with Crippen LogP contribution in [0.5, 0.6) is 11.5 Å². The molecule has 0 amide bonds. The molecule has 0 radical (unpaired) electrons. The van der Waals surface area contributed by atoms with Crippen molar-refractivity contribution in [3.05, 3.63) is 22.8 Å². The molecule has 2 heteroatoms. The molecule has 1 aliphatic heterocycles. The van der Waals surface area contributed by atoms with Gasteiger partial charge in [-0.1, -0.05) is 13.0 Å². The van der Waals surface area contributed by atoms with Crippen LogP contribution in [0.15, 0.2) is 6.07 Å². The maximum atomic E-state index is 5.43. The van der Waals surface area contributed by atoms with Crippen molar-refractivity contribution in [2.45, 2.75) is 27.2 Å². The lowest BCUT2D eigenvalue weighted by Gasteiger charge is -2.08. The molecule has 0 saturated heterocycles. The Hall–Kier alpha value is -1.18. The van der Waals surface area contributed by atoms with Crippen LogP contribution in [0.4, 0.5) is 0 Å². The molecule has 0 aliphatic carbocycles. The molecular weight excluding hydrogens is 164 g/mol. The van der Waals surface area contributed by atoms with E-state index in [0.717, 1.165) is 17.9 Å². The summed E-state index contributed by atoms with van der Waals surface area (Å²) < 4.78 is 10.8. The molecule has 0 saturated carbocycles. The summed E-state index contributed by atoms with van der Waals surface area (Å²) in [6.45, 7) is 6.67. The van der Waals surface area contributed by atoms with Crippen molar-refractivity contribution < 1.29 is 9.47 Å². The van der Waals surface area contributed by atoms with Crippen LogP contribution in [0.1, 0.15) is 23.6 Å². The van der Waals surface area contributed by atoms with E-state index >= 15 is 0 Å². The Bertz CT molecular complexity index is 342. The highest BCUT2D eigenvalue weighted by atomic mass is 16.7. The molecule has 1 heterocycles. The number of rotatable bonds is 1. The van der Waals surface area contributed by atoms with Crippen LogP contribution in [-0.4, -0.2) is 6.79 Å². The normalized spacial score (nSPS) is 13.5. The Kier molecular flexibility index (Phi) is 1.91. The van der Waals surface area contributed by atoms with Gasteiger partial charge in [-0.2, -0.15) is 0 Å². The lowest BCUT2D eigenvalue weighted by Crippen LogP contribution is -1.94. The van der Waals surface area contributed by atoms with Gasteiger partial charge < -0.3 is 9.47 Å². The average molecular weight is 178 g/mol. The van der Waals surface area contributed by atoms with Crippen LogP contribution in [0, 0.1) is 13.8 Å². The van der Waals surface area contributed by atoms with Gasteiger partial charge >= 0.3 is 0 Å². The van der Waals surface area contributed by atoms with Crippen molar-refractivity contribution >= 4 is 0 Å². The molecule has 0 spiro atoms. The van der Waals surface area contributed by atoms with Gasteiger partial charge in [0, 0.05) is 0 Å². The molecule has 1 aromatic carbocycles. The highest BCUT2D eigenvalue weighted by Crippen LogP contribution is 2.40. The molecule has 1 aliphatic rings. The molecule has 0 bridgehead atoms. The van der Waals surface area contributed by atoms with Crippen LogP contribution in [0.25, 0.3) is 0 Å². The SMILES string of the molecule is CCc1cc(C)c2c(c1C)OCO2. The highest BCUT2D eigenvalue weighted by Gasteiger charge is 2.20. The molecule has 1 aromatic rings. The summed E-state index contributed by atoms with van der Waals surface area (Å²) in [5.41, 5.74) is 3.75. The molecule has 0 atom stereocenters. The molecular formula is C11H14O2. The van der Waals surface area contributed by atoms with Crippen molar-refractivity contribution in [1.29, 1.82) is 0 Å². The molecule has 2 nitrogen and oxygen atoms in total. The van der Waals surface area contributed by atoms with Crippen molar-refractivity contribution in [3.8, 4) is 11.5 Å². The maximum Gasteiger partial charge on any atom is 0.231 e. The molecule has 13 heavy (non-hydrogen) atoms. The van der Waals surface area contributed by atoms with Crippen LogP contribution in [0.2, 0.25) is 0 Å². The van der Waals surface area contributed by atoms with E-state index < -0.39 is 0 Å². The van der Waals surface area contributed by atoms with Gasteiger partial charge in [-0.05, 0) is 37.0 Å². The predicted molar refractivity (Wildman–Crippen MR) is 51.4 cm³/mol. The van der Waals surface area contributed by atoms with Crippen LogP contribution >= 0.6 is 0 Å². The Morgan fingerprint density at radius 2 is 1.92 bits per heavy atom. The fraction of sp³-hybridized carbons (Fsp3) is 0.455. The van der Waals surface area contributed by atoms with Gasteiger partial charge in [-0.25, -0.2) is 0 Å². The van der Waals surface area contributed by atoms with Gasteiger partial charge in [0.05, 0.1) is 0 Å². The largest absolute Gasteiger partial charge is 0.453 e. The summed E-state index contributed by atoms with van der Waals surface area (Å²) in [6, 6.07) is 2.18. The average Bonchev–Trinajstić information content (AvgIpc) is 2.60. The summed E-state index contributed by atoms with van der Waals surface area (Å²) in [6.07, 6.45) is 1.04. The molecule has 0 aromatic heterocycles. The first-order chi connectivity index (χ1) is 6.24. The maximum absolute atomic E-state index is 5.43. The molecule has 0 unspecified atom stereocenters. The summed E-state index contributed by atoms with van der Waals surface area (Å²) >= 11 is 0. The fourth-order valence-electron chi connectivity index (χ4n) is 1.80. The van der Waals surface area contributed by atoms with E-state index in [1.54, 1.807) is 0 Å². The first kappa shape index (κ1) is 8.42. The third-order valence-electron chi connectivity index (χ3n) is 2.56. The number of ether oxygens (including phenoxy) is 2. The van der Waals surface area contributed by atoms with E-state index in [9.17, 15) is 0 Å². The first-order valence-electron chi connectivity index (χ1n) is 4.62. The topological polar surface area (TPSA) is 18.5 Å². The number of benzene rings is 1. The third-order valence-corrected chi connectivity index (χ3v) is 2.56. The van der Waals surface area contributed by atoms with Crippen LogP contribution in [-0.2, 0) is 6.42 Å². The number of aryl methyl sites for hydroxylation is 2. The van der Waals surface area contributed by atoms with Crippen LogP contribution < -0.4 is 9.47 Å². The Labute approximate surface area is 78.5 Å². The summed E-state index contributed by atoms with van der Waals surface area (Å²) in [5, 5.41) is 0. The lowest BCUT2D eigenvalue weighted by molar-refractivity contribution is 0.173. The second-order valence-electron chi connectivity index (χ2n) is 3.40. The monoisotopic (exact) mass is 178 g/mol. The predicted octanol–water partition coefficient (Wildman–Crippen LogP) is 2.59. The van der Waals surface area contributed by atoms with Gasteiger partial charge in [0.25, 0.3) is 0 Å². The van der Waals surface area contributed by atoms with E-state index in [1.807, 2.05) is 0 Å². The lowest BCUT2D eigenvalue weighted by atomic mass is 10.0. The summed E-state index contributed by atoms with van der Waals surface area (Å²) in [5.74, 6) is 1.87. The molecule has 70 valence electrons. The summed E-state index contributed by atoms with van der Waals surface area (Å²) in [7, 11) is 0. The zero-order chi connectivity index (χ0) is 9.42. The van der Waals surface area contributed by atoms with Crippen molar-refractivity contribution in [2.75, 3.05) is 6.79 Å². The quantitative estimate of drug-likeness (QED) is 0.658. The van der Waals surface area contributed by atoms with Crippen molar-refractivity contribution in [3.63, 3.8) is 0 Å². The standard InChI is InChI=1S/C11H14O2/c1-4-9-5-7(2)10-11(8(9)3)13-6-12-10/h5H,4,6H2,1-3H3. The second-order valence-corrected chi connectivity index (χ2v) is 3.40. The van der Waals surface area contributed by atoms with Gasteiger partial charge in [-0.3, -0.25) is 0 Å². The molecule has 2 rings (SSSR count). The van der Waals surface area contributed by atoms with Crippen molar-refractivity contribution in [2.24, 2.45) is 0 Å². The second kappa shape index (κ2) is 2.95. The van der Waals surface area contributed by atoms with E-state index in [1.165, 1.54) is 16.7 Å². The number of hydrogen-bond donors (Lipinski definition) is 0. The Balaban J connectivity index is 2.62. The van der Waals surface area contributed by atoms with E-state index in [4.69, 9.17) is 9.47 Å². The highest BCUT2D eigenvalue weighted by molar-refractivity contribution is 5.55. The minimum absolute atomic E-state index is 0.365. The van der Waals surface area contributed by atoms with Gasteiger partial charge in [0.15, 0.2) is 11.5 Å². The minimum Gasteiger partial charge on any atom is -0.453 e. The number of fused-ring (bicyclic) bond motifs is 1. The Morgan fingerprint density at radius 3 is 2.62 bits per heavy atom. The van der Waals surface area contributed by atoms with E-state index in [-0.39, 0.29) is 0 Å². The van der Waals surface area contributed by atoms with Crippen LogP contribution in [0.3, 0.4) is 0 Å². The zero-order valence-electron chi connectivity index (χ0n) is 8.31. The molecule has 0 fully saturated rings. The third kappa shape index (κ3) is 1.17. The first-order valence-corrected chi connectivity index (χ1v) is 4.62. The summed E-state index contributed by atoms with van der Waals surface area (Å²) in [4.78, 5) is 0. The minimum atomic E-state index is 0.365. The van der Waals surface area contributed by atoms with E-state index in [2.05, 4.69) is 26.8 Å². The fourth-order valence-corrected chi connectivity index (χ4v) is 1.80. The van der Waals surface area contributed by atoms with Gasteiger partial charge in [0.1, 0.15) is 0 Å².